The molecule has 1 heterocycles. The molecule has 1 rings (SSSR count). The van der Waals surface area contributed by atoms with Crippen LogP contribution in [0.15, 0.2) is 0 Å². The van der Waals surface area contributed by atoms with E-state index < -0.39 is 10.2 Å². The summed E-state index contributed by atoms with van der Waals surface area (Å²) in [5, 5.41) is 8.31. The number of hydrogen-bond donors (Lipinski definition) is 1. The van der Waals surface area contributed by atoms with Crippen LogP contribution in [0.4, 0.5) is 0 Å². The molecule has 0 radical (unpaired) electrons. The van der Waals surface area contributed by atoms with Crippen molar-refractivity contribution >= 4 is 10.2 Å². The Bertz CT molecular complexity index is 315. The highest BCUT2D eigenvalue weighted by molar-refractivity contribution is 7.87. The van der Waals surface area contributed by atoms with Gasteiger partial charge in [-0.15, -0.1) is 0 Å². The van der Waals surface area contributed by atoms with Gasteiger partial charge in [0.05, 0.1) is 6.07 Å². The van der Waals surface area contributed by atoms with E-state index >= 15 is 0 Å². The molecule has 0 aliphatic carbocycles. The zero-order chi connectivity index (χ0) is 11.1. The molecule has 1 N–H and O–H groups in total. The van der Waals surface area contributed by atoms with Crippen LogP contribution in [0.25, 0.3) is 0 Å². The molecule has 1 fully saturated rings. The first-order valence-corrected chi connectivity index (χ1v) is 6.72. The quantitative estimate of drug-likeness (QED) is 0.705. The maximum absolute atomic E-state index is 11.7. The zero-order valence-electron chi connectivity index (χ0n) is 8.78. The van der Waals surface area contributed by atoms with Crippen LogP contribution in [-0.4, -0.2) is 32.4 Å². The Kier molecular flexibility index (Phi) is 5.02. The topological polar surface area (TPSA) is 73.2 Å². The van der Waals surface area contributed by atoms with Gasteiger partial charge in [-0.1, -0.05) is 6.42 Å². The van der Waals surface area contributed by atoms with E-state index in [4.69, 9.17) is 5.26 Å². The first kappa shape index (κ1) is 12.4. The molecule has 5 nitrogen and oxygen atoms in total. The van der Waals surface area contributed by atoms with Crippen LogP contribution in [0, 0.1) is 11.3 Å². The van der Waals surface area contributed by atoms with Gasteiger partial charge in [-0.25, -0.2) is 4.72 Å². The molecule has 0 aromatic rings. The second-order valence-corrected chi connectivity index (χ2v) is 5.38. The highest BCUT2D eigenvalue weighted by Crippen LogP contribution is 2.11. The summed E-state index contributed by atoms with van der Waals surface area (Å²) < 4.78 is 27.4. The van der Waals surface area contributed by atoms with Crippen molar-refractivity contribution in [2.75, 3.05) is 19.6 Å². The molecule has 0 saturated carbocycles. The third kappa shape index (κ3) is 4.16. The molecule has 0 amide bonds. The fraction of sp³-hybridized carbons (Fsp3) is 0.889. The molecule has 0 spiro atoms. The summed E-state index contributed by atoms with van der Waals surface area (Å²) in [6.45, 7) is 1.59. The lowest BCUT2D eigenvalue weighted by molar-refractivity contribution is 0.341. The zero-order valence-corrected chi connectivity index (χ0v) is 9.59. The van der Waals surface area contributed by atoms with E-state index in [1.807, 2.05) is 6.07 Å². The van der Waals surface area contributed by atoms with Crippen molar-refractivity contribution in [3.63, 3.8) is 0 Å². The van der Waals surface area contributed by atoms with Gasteiger partial charge in [0, 0.05) is 26.1 Å². The van der Waals surface area contributed by atoms with Gasteiger partial charge in [-0.05, 0) is 19.3 Å². The van der Waals surface area contributed by atoms with Gasteiger partial charge in [-0.2, -0.15) is 18.0 Å². The minimum absolute atomic E-state index is 0.354. The van der Waals surface area contributed by atoms with Crippen LogP contribution in [0.3, 0.4) is 0 Å². The van der Waals surface area contributed by atoms with E-state index in [-0.39, 0.29) is 0 Å². The van der Waals surface area contributed by atoms with Gasteiger partial charge in [0.2, 0.25) is 0 Å². The summed E-state index contributed by atoms with van der Waals surface area (Å²) >= 11 is 0. The van der Waals surface area contributed by atoms with Crippen molar-refractivity contribution in [1.82, 2.24) is 9.03 Å². The van der Waals surface area contributed by atoms with Gasteiger partial charge in [0.1, 0.15) is 0 Å². The molecule has 1 aliphatic heterocycles. The molecule has 0 atom stereocenters. The number of nitrogens with one attached hydrogen (secondary N) is 1. The van der Waals surface area contributed by atoms with Crippen LogP contribution in [0.2, 0.25) is 0 Å². The fourth-order valence-corrected chi connectivity index (χ4v) is 2.89. The Morgan fingerprint density at radius 1 is 1.27 bits per heavy atom. The van der Waals surface area contributed by atoms with Crippen LogP contribution in [0.1, 0.15) is 32.1 Å². The number of rotatable bonds is 5. The molecule has 15 heavy (non-hydrogen) atoms. The summed E-state index contributed by atoms with van der Waals surface area (Å²) in [6, 6.07) is 1.99. The van der Waals surface area contributed by atoms with Crippen LogP contribution in [-0.2, 0) is 10.2 Å². The van der Waals surface area contributed by atoms with E-state index in [0.717, 1.165) is 19.3 Å². The summed E-state index contributed by atoms with van der Waals surface area (Å²) in [5.41, 5.74) is 0. The van der Waals surface area contributed by atoms with E-state index in [9.17, 15) is 8.42 Å². The molecule has 0 aromatic carbocycles. The Morgan fingerprint density at radius 2 is 1.93 bits per heavy atom. The average Bonchev–Trinajstić information content (AvgIpc) is 2.26. The molecule has 6 heteroatoms. The van der Waals surface area contributed by atoms with Crippen LogP contribution in [0.5, 0.6) is 0 Å². The summed E-state index contributed by atoms with van der Waals surface area (Å²) in [4.78, 5) is 0. The third-order valence-corrected chi connectivity index (χ3v) is 4.02. The highest BCUT2D eigenvalue weighted by Gasteiger charge is 2.22. The molecule has 0 bridgehead atoms. The number of nitrogens with zero attached hydrogens (tertiary/aromatic N) is 2. The van der Waals surface area contributed by atoms with Crippen molar-refractivity contribution in [3.8, 4) is 6.07 Å². The standard InChI is InChI=1S/C9H17N3O2S/c10-6-2-3-7-11-15(13,14)12-8-4-1-5-9-12/h11H,1-5,7-9H2. The SMILES string of the molecule is N#CCCCNS(=O)(=O)N1CCCCC1. The monoisotopic (exact) mass is 231 g/mol. The molecule has 1 saturated heterocycles. The lowest BCUT2D eigenvalue weighted by atomic mass is 10.2. The number of nitriles is 1. The van der Waals surface area contributed by atoms with Crippen molar-refractivity contribution in [3.05, 3.63) is 0 Å². The second kappa shape index (κ2) is 6.05. The number of unbranched alkanes of at least 4 members (excludes halogenated alkanes) is 1. The first-order chi connectivity index (χ1) is 7.17. The van der Waals surface area contributed by atoms with Crippen LogP contribution < -0.4 is 4.72 Å². The fourth-order valence-electron chi connectivity index (χ4n) is 1.57. The van der Waals surface area contributed by atoms with Gasteiger partial charge < -0.3 is 0 Å². The summed E-state index contributed by atoms with van der Waals surface area (Å²) in [7, 11) is -3.29. The smallest absolute Gasteiger partial charge is 0.202 e. The van der Waals surface area contributed by atoms with Crippen molar-refractivity contribution < 1.29 is 8.42 Å². The lowest BCUT2D eigenvalue weighted by Crippen LogP contribution is -2.43. The largest absolute Gasteiger partial charge is 0.279 e. The highest BCUT2D eigenvalue weighted by atomic mass is 32.2. The predicted octanol–water partition coefficient (Wildman–Crippen LogP) is 0.610. The van der Waals surface area contributed by atoms with E-state index in [1.165, 1.54) is 4.31 Å². The molecular formula is C9H17N3O2S. The Balaban J connectivity index is 2.34. The van der Waals surface area contributed by atoms with Crippen molar-refractivity contribution in [1.29, 1.82) is 5.26 Å². The number of hydrogen-bond acceptors (Lipinski definition) is 3. The minimum atomic E-state index is -3.29. The Hall–Kier alpha value is -0.640. The minimum Gasteiger partial charge on any atom is -0.202 e. The maximum atomic E-state index is 11.7. The van der Waals surface area contributed by atoms with E-state index in [1.54, 1.807) is 0 Å². The molecule has 0 aromatic heterocycles. The maximum Gasteiger partial charge on any atom is 0.279 e. The summed E-state index contributed by atoms with van der Waals surface area (Å²) in [6.07, 6.45) is 3.96. The first-order valence-electron chi connectivity index (χ1n) is 5.28. The second-order valence-electron chi connectivity index (χ2n) is 3.62. The van der Waals surface area contributed by atoms with E-state index in [2.05, 4.69) is 4.72 Å². The average molecular weight is 231 g/mol. The van der Waals surface area contributed by atoms with E-state index in [0.29, 0.717) is 32.5 Å². The normalized spacial score (nSPS) is 18.6. The Morgan fingerprint density at radius 3 is 2.53 bits per heavy atom. The molecule has 86 valence electrons. The molecule has 0 unspecified atom stereocenters. The van der Waals surface area contributed by atoms with Gasteiger partial charge in [0.15, 0.2) is 0 Å². The van der Waals surface area contributed by atoms with Crippen LogP contribution >= 0.6 is 0 Å². The Labute approximate surface area is 91.3 Å². The lowest BCUT2D eigenvalue weighted by Gasteiger charge is -2.25. The van der Waals surface area contributed by atoms with Gasteiger partial charge >= 0.3 is 0 Å². The van der Waals surface area contributed by atoms with Gasteiger partial charge in [0.25, 0.3) is 10.2 Å². The molecular weight excluding hydrogens is 214 g/mol. The van der Waals surface area contributed by atoms with Gasteiger partial charge in [-0.3, -0.25) is 0 Å². The predicted molar refractivity (Wildman–Crippen MR) is 57.2 cm³/mol. The third-order valence-electron chi connectivity index (χ3n) is 2.40. The number of piperidine rings is 1. The molecule has 1 aliphatic rings. The van der Waals surface area contributed by atoms with Crippen molar-refractivity contribution in [2.24, 2.45) is 0 Å². The summed E-state index contributed by atoms with van der Waals surface area (Å²) in [5.74, 6) is 0. The van der Waals surface area contributed by atoms with Crippen molar-refractivity contribution in [2.45, 2.75) is 32.1 Å².